The molecular formula is C12H15Cl2NO. The van der Waals surface area contributed by atoms with Gasteiger partial charge in [0.2, 0.25) is 0 Å². The van der Waals surface area contributed by atoms with E-state index < -0.39 is 0 Å². The fourth-order valence-corrected chi connectivity index (χ4v) is 2.98. The van der Waals surface area contributed by atoms with Crippen molar-refractivity contribution in [3.63, 3.8) is 0 Å². The molecule has 1 aromatic rings. The maximum absolute atomic E-state index is 6.28. The molecule has 16 heavy (non-hydrogen) atoms. The second kappa shape index (κ2) is 4.92. The molecule has 0 radical (unpaired) electrons. The van der Waals surface area contributed by atoms with Crippen LogP contribution < -0.4 is 17.7 Å². The van der Waals surface area contributed by atoms with E-state index in [9.17, 15) is 0 Å². The van der Waals surface area contributed by atoms with Crippen LogP contribution in [-0.4, -0.2) is 19.7 Å². The molecule has 2 heterocycles. The number of benzene rings is 1. The van der Waals surface area contributed by atoms with Gasteiger partial charge in [-0.1, -0.05) is 17.7 Å². The summed E-state index contributed by atoms with van der Waals surface area (Å²) in [7, 11) is 0. The van der Waals surface area contributed by atoms with Crippen molar-refractivity contribution in [2.45, 2.75) is 18.9 Å². The molecule has 1 atom stereocenters. The SMILES string of the molecule is Clc1ccc2c3c1CC[NH2+]CC3COC2.[Cl-]. The van der Waals surface area contributed by atoms with Gasteiger partial charge in [0.15, 0.2) is 0 Å². The molecule has 2 N–H and O–H groups in total. The summed E-state index contributed by atoms with van der Waals surface area (Å²) in [5.41, 5.74) is 4.21. The molecule has 0 amide bonds. The lowest BCUT2D eigenvalue weighted by Crippen LogP contribution is -3.00. The van der Waals surface area contributed by atoms with Gasteiger partial charge in [-0.3, -0.25) is 0 Å². The molecular weight excluding hydrogens is 245 g/mol. The zero-order chi connectivity index (χ0) is 10.3. The predicted molar refractivity (Wildman–Crippen MR) is 59.2 cm³/mol. The number of quaternary nitrogens is 1. The third-order valence-corrected chi connectivity index (χ3v) is 3.78. The number of halogens is 2. The Kier molecular flexibility index (Phi) is 3.75. The normalized spacial score (nSPS) is 22.9. The molecule has 0 spiro atoms. The van der Waals surface area contributed by atoms with Crippen LogP contribution in [0, 0.1) is 0 Å². The van der Waals surface area contributed by atoms with Gasteiger partial charge < -0.3 is 22.5 Å². The molecule has 88 valence electrons. The van der Waals surface area contributed by atoms with Gasteiger partial charge >= 0.3 is 0 Å². The Labute approximate surface area is 107 Å². The molecule has 0 aromatic heterocycles. The van der Waals surface area contributed by atoms with Gasteiger partial charge in [0.05, 0.1) is 32.2 Å². The summed E-state index contributed by atoms with van der Waals surface area (Å²) in [6, 6.07) is 4.14. The lowest BCUT2D eigenvalue weighted by molar-refractivity contribution is -0.655. The molecule has 2 aliphatic rings. The molecule has 3 rings (SSSR count). The van der Waals surface area contributed by atoms with Gasteiger partial charge in [-0.2, -0.15) is 0 Å². The Morgan fingerprint density at radius 2 is 2.25 bits per heavy atom. The first-order chi connectivity index (χ1) is 7.36. The van der Waals surface area contributed by atoms with E-state index in [4.69, 9.17) is 16.3 Å². The largest absolute Gasteiger partial charge is 1.00 e. The maximum Gasteiger partial charge on any atom is 0.0847 e. The average Bonchev–Trinajstić information content (AvgIpc) is 2.48. The van der Waals surface area contributed by atoms with Crippen molar-refractivity contribution in [1.29, 1.82) is 0 Å². The molecule has 0 bridgehead atoms. The minimum atomic E-state index is 0. The number of hydrogen-bond acceptors (Lipinski definition) is 1. The first kappa shape index (κ1) is 12.2. The first-order valence-corrected chi connectivity index (χ1v) is 5.93. The summed E-state index contributed by atoms with van der Waals surface area (Å²) in [5, 5.41) is 3.32. The molecule has 0 aliphatic carbocycles. The lowest BCUT2D eigenvalue weighted by Gasteiger charge is -2.25. The predicted octanol–water partition coefficient (Wildman–Crippen LogP) is -1.92. The van der Waals surface area contributed by atoms with E-state index in [2.05, 4.69) is 11.4 Å². The number of ether oxygens (including phenoxy) is 1. The quantitative estimate of drug-likeness (QED) is 0.578. The highest BCUT2D eigenvalue weighted by Gasteiger charge is 2.28. The Morgan fingerprint density at radius 3 is 3.12 bits per heavy atom. The van der Waals surface area contributed by atoms with E-state index in [1.807, 2.05) is 6.07 Å². The van der Waals surface area contributed by atoms with Crippen molar-refractivity contribution < 1.29 is 22.5 Å². The first-order valence-electron chi connectivity index (χ1n) is 5.56. The molecule has 2 aliphatic heterocycles. The summed E-state index contributed by atoms with van der Waals surface area (Å²) in [6.07, 6.45) is 1.10. The minimum absolute atomic E-state index is 0. The van der Waals surface area contributed by atoms with Gasteiger partial charge in [-0.15, -0.1) is 0 Å². The maximum atomic E-state index is 6.28. The Bertz CT molecular complexity index is 395. The fourth-order valence-electron chi connectivity index (χ4n) is 2.72. The smallest absolute Gasteiger partial charge is 0.0847 e. The van der Waals surface area contributed by atoms with Crippen molar-refractivity contribution in [2.24, 2.45) is 0 Å². The van der Waals surface area contributed by atoms with Crippen molar-refractivity contribution in [3.8, 4) is 0 Å². The van der Waals surface area contributed by atoms with E-state index in [1.165, 1.54) is 16.7 Å². The van der Waals surface area contributed by atoms with Crippen molar-refractivity contribution >= 4 is 11.6 Å². The van der Waals surface area contributed by atoms with Crippen molar-refractivity contribution in [3.05, 3.63) is 33.8 Å². The highest BCUT2D eigenvalue weighted by Crippen LogP contribution is 2.34. The fraction of sp³-hybridized carbons (Fsp3) is 0.500. The Balaban J connectivity index is 0.000000963. The third-order valence-electron chi connectivity index (χ3n) is 3.42. The Hall–Kier alpha value is -0.280. The molecule has 0 fully saturated rings. The average molecular weight is 260 g/mol. The molecule has 0 saturated carbocycles. The minimum Gasteiger partial charge on any atom is -1.00 e. The van der Waals surface area contributed by atoms with Crippen LogP contribution >= 0.6 is 11.6 Å². The summed E-state index contributed by atoms with van der Waals surface area (Å²) >= 11 is 6.28. The van der Waals surface area contributed by atoms with Crippen LogP contribution in [0.3, 0.4) is 0 Å². The van der Waals surface area contributed by atoms with E-state index in [0.29, 0.717) is 5.92 Å². The van der Waals surface area contributed by atoms with E-state index in [0.717, 1.165) is 37.7 Å². The van der Waals surface area contributed by atoms with E-state index in [-0.39, 0.29) is 12.4 Å². The standard InChI is InChI=1S/C12H14ClNO.ClH/c13-11-2-1-8-6-15-7-9-5-14-4-3-10(11)12(8)9;/h1-2,9,14H,3-7H2;1H. The topological polar surface area (TPSA) is 25.8 Å². The van der Waals surface area contributed by atoms with Gasteiger partial charge in [0.25, 0.3) is 0 Å². The van der Waals surface area contributed by atoms with Gasteiger partial charge in [0.1, 0.15) is 0 Å². The van der Waals surface area contributed by atoms with E-state index >= 15 is 0 Å². The zero-order valence-corrected chi connectivity index (χ0v) is 10.5. The highest BCUT2D eigenvalue weighted by atomic mass is 35.5. The van der Waals surface area contributed by atoms with Crippen LogP contribution in [-0.2, 0) is 17.8 Å². The second-order valence-corrected chi connectivity index (χ2v) is 4.78. The van der Waals surface area contributed by atoms with Gasteiger partial charge in [-0.05, 0) is 22.8 Å². The number of hydrogen-bond donors (Lipinski definition) is 1. The monoisotopic (exact) mass is 259 g/mol. The van der Waals surface area contributed by atoms with Gasteiger partial charge in [-0.25, -0.2) is 0 Å². The molecule has 2 nitrogen and oxygen atoms in total. The van der Waals surface area contributed by atoms with Crippen molar-refractivity contribution in [1.82, 2.24) is 0 Å². The lowest BCUT2D eigenvalue weighted by atomic mass is 9.88. The third kappa shape index (κ3) is 1.95. The summed E-state index contributed by atoms with van der Waals surface area (Å²) < 4.78 is 5.62. The van der Waals surface area contributed by atoms with Gasteiger partial charge in [0, 0.05) is 11.4 Å². The molecule has 1 aromatic carbocycles. The second-order valence-electron chi connectivity index (χ2n) is 4.37. The van der Waals surface area contributed by atoms with Crippen LogP contribution in [0.5, 0.6) is 0 Å². The van der Waals surface area contributed by atoms with Crippen molar-refractivity contribution in [2.75, 3.05) is 19.7 Å². The summed E-state index contributed by atoms with van der Waals surface area (Å²) in [4.78, 5) is 0. The molecule has 0 saturated heterocycles. The molecule has 1 unspecified atom stereocenters. The summed E-state index contributed by atoms with van der Waals surface area (Å²) in [5.74, 6) is 0.546. The Morgan fingerprint density at radius 1 is 1.38 bits per heavy atom. The van der Waals surface area contributed by atoms with Crippen LogP contribution in [0.1, 0.15) is 22.6 Å². The molecule has 4 heteroatoms. The van der Waals surface area contributed by atoms with Crippen LogP contribution in [0.2, 0.25) is 5.02 Å². The zero-order valence-electron chi connectivity index (χ0n) is 9.01. The van der Waals surface area contributed by atoms with Crippen LogP contribution in [0.15, 0.2) is 12.1 Å². The van der Waals surface area contributed by atoms with E-state index in [1.54, 1.807) is 0 Å². The number of nitrogens with two attached hydrogens (primary N) is 1. The number of rotatable bonds is 0. The van der Waals surface area contributed by atoms with Crippen LogP contribution in [0.25, 0.3) is 0 Å². The summed E-state index contributed by atoms with van der Waals surface area (Å²) in [6.45, 7) is 3.90. The highest BCUT2D eigenvalue weighted by molar-refractivity contribution is 6.31. The van der Waals surface area contributed by atoms with Crippen LogP contribution in [0.4, 0.5) is 0 Å².